The Bertz CT molecular complexity index is 467. The molecule has 0 aliphatic carbocycles. The molecule has 0 aliphatic rings. The van der Waals surface area contributed by atoms with Crippen LogP contribution in [0.3, 0.4) is 0 Å². The number of nitrogens with two attached hydrogens (primary N) is 1. The van der Waals surface area contributed by atoms with Crippen LogP contribution in [0.5, 0.6) is 0 Å². The van der Waals surface area contributed by atoms with Gasteiger partial charge in [-0.1, -0.05) is 11.3 Å². The maximum Gasteiger partial charge on any atom is 0.149 e. The lowest BCUT2D eigenvalue weighted by atomic mass is 10.2. The number of pyridine rings is 1. The first-order valence-corrected chi connectivity index (χ1v) is 6.07. The Morgan fingerprint density at radius 3 is 3.00 bits per heavy atom. The third-order valence-electron chi connectivity index (χ3n) is 2.30. The van der Waals surface area contributed by atoms with E-state index < -0.39 is 0 Å². The summed E-state index contributed by atoms with van der Waals surface area (Å²) in [5, 5.41) is 10.3. The molecule has 0 atom stereocenters. The minimum Gasteiger partial charge on any atom is -0.330 e. The summed E-state index contributed by atoms with van der Waals surface area (Å²) in [6.07, 6.45) is 3.66. The Kier molecular flexibility index (Phi) is 3.58. The summed E-state index contributed by atoms with van der Waals surface area (Å²) in [6.45, 7) is 2.68. The summed E-state index contributed by atoms with van der Waals surface area (Å²) in [4.78, 5) is 4.25. The average Bonchev–Trinajstić information content (AvgIpc) is 2.75. The fraction of sp³-hybridized carbons (Fsp3) is 0.364. The highest BCUT2D eigenvalue weighted by molar-refractivity contribution is 7.14. The van der Waals surface area contributed by atoms with E-state index in [0.29, 0.717) is 6.54 Å². The molecular formula is C11H14N4S. The van der Waals surface area contributed by atoms with Crippen molar-refractivity contribution < 1.29 is 0 Å². The lowest BCUT2D eigenvalue weighted by Crippen LogP contribution is -1.99. The zero-order valence-corrected chi connectivity index (χ0v) is 10.00. The summed E-state index contributed by atoms with van der Waals surface area (Å²) in [6, 6.07) is 3.94. The second-order valence-electron chi connectivity index (χ2n) is 3.53. The van der Waals surface area contributed by atoms with Gasteiger partial charge in [-0.25, -0.2) is 0 Å². The van der Waals surface area contributed by atoms with Gasteiger partial charge in [0.1, 0.15) is 10.0 Å². The molecule has 0 amide bonds. The smallest absolute Gasteiger partial charge is 0.149 e. The van der Waals surface area contributed by atoms with Crippen molar-refractivity contribution in [2.45, 2.75) is 19.8 Å². The summed E-state index contributed by atoms with van der Waals surface area (Å²) < 4.78 is 0. The van der Waals surface area contributed by atoms with Crippen LogP contribution in [-0.2, 0) is 6.42 Å². The monoisotopic (exact) mass is 234 g/mol. The largest absolute Gasteiger partial charge is 0.330 e. The molecule has 2 rings (SSSR count). The molecule has 2 aromatic heterocycles. The second kappa shape index (κ2) is 5.14. The van der Waals surface area contributed by atoms with Gasteiger partial charge in [-0.15, -0.1) is 10.2 Å². The van der Waals surface area contributed by atoms with Gasteiger partial charge >= 0.3 is 0 Å². The van der Waals surface area contributed by atoms with E-state index in [9.17, 15) is 0 Å². The van der Waals surface area contributed by atoms with Gasteiger partial charge < -0.3 is 5.73 Å². The Hall–Kier alpha value is -1.33. The molecule has 0 bridgehead atoms. The van der Waals surface area contributed by atoms with Crippen molar-refractivity contribution in [3.8, 4) is 10.6 Å². The molecule has 16 heavy (non-hydrogen) atoms. The van der Waals surface area contributed by atoms with E-state index in [1.165, 1.54) is 0 Å². The van der Waals surface area contributed by atoms with Gasteiger partial charge in [0.25, 0.3) is 0 Å². The van der Waals surface area contributed by atoms with Crippen LogP contribution < -0.4 is 5.73 Å². The van der Waals surface area contributed by atoms with Crippen molar-refractivity contribution in [2.75, 3.05) is 6.54 Å². The fourth-order valence-corrected chi connectivity index (χ4v) is 2.39. The molecule has 2 aromatic rings. The van der Waals surface area contributed by atoms with E-state index in [1.54, 1.807) is 17.5 Å². The van der Waals surface area contributed by atoms with Crippen molar-refractivity contribution in [1.82, 2.24) is 15.2 Å². The highest BCUT2D eigenvalue weighted by Gasteiger charge is 2.08. The van der Waals surface area contributed by atoms with Crippen LogP contribution in [0.25, 0.3) is 10.6 Å². The quantitative estimate of drug-likeness (QED) is 0.876. The lowest BCUT2D eigenvalue weighted by Gasteiger charge is -1.97. The average molecular weight is 234 g/mol. The Balaban J connectivity index is 2.22. The third-order valence-corrected chi connectivity index (χ3v) is 3.32. The molecule has 0 spiro atoms. The predicted molar refractivity (Wildman–Crippen MR) is 65.3 cm³/mol. The van der Waals surface area contributed by atoms with Gasteiger partial charge in [-0.05, 0) is 32.0 Å². The maximum absolute atomic E-state index is 5.46. The molecule has 0 aliphatic heterocycles. The molecule has 0 radical (unpaired) electrons. The molecule has 0 aromatic carbocycles. The molecule has 0 saturated carbocycles. The first-order valence-electron chi connectivity index (χ1n) is 5.25. The normalized spacial score (nSPS) is 10.6. The van der Waals surface area contributed by atoms with Crippen molar-refractivity contribution in [3.63, 3.8) is 0 Å². The predicted octanol–water partition coefficient (Wildman–Crippen LogP) is 1.80. The Labute approximate surface area is 98.6 Å². The van der Waals surface area contributed by atoms with Crippen LogP contribution in [-0.4, -0.2) is 21.7 Å². The van der Waals surface area contributed by atoms with Gasteiger partial charge in [0, 0.05) is 23.9 Å². The number of nitrogens with zero attached hydrogens (tertiary/aromatic N) is 3. The number of hydrogen-bond donors (Lipinski definition) is 1. The van der Waals surface area contributed by atoms with Crippen molar-refractivity contribution in [3.05, 3.63) is 29.0 Å². The molecule has 4 nitrogen and oxygen atoms in total. The third kappa shape index (κ3) is 2.43. The van der Waals surface area contributed by atoms with Crippen LogP contribution in [0.15, 0.2) is 18.3 Å². The molecule has 5 heteroatoms. The zero-order chi connectivity index (χ0) is 11.4. The summed E-state index contributed by atoms with van der Waals surface area (Å²) in [5.41, 5.74) is 7.52. The second-order valence-corrected chi connectivity index (χ2v) is 4.59. The summed E-state index contributed by atoms with van der Waals surface area (Å²) in [7, 11) is 0. The van der Waals surface area contributed by atoms with Crippen LogP contribution >= 0.6 is 11.3 Å². The number of rotatable bonds is 4. The first kappa shape index (κ1) is 11.2. The van der Waals surface area contributed by atoms with E-state index in [1.807, 2.05) is 19.1 Å². The number of aromatic nitrogens is 3. The van der Waals surface area contributed by atoms with Gasteiger partial charge in [-0.2, -0.15) is 0 Å². The van der Waals surface area contributed by atoms with Crippen LogP contribution in [0.2, 0.25) is 0 Å². The topological polar surface area (TPSA) is 64.7 Å². The first-order chi connectivity index (χ1) is 7.81. The molecule has 84 valence electrons. The summed E-state index contributed by atoms with van der Waals surface area (Å²) >= 11 is 1.62. The molecule has 0 unspecified atom stereocenters. The van der Waals surface area contributed by atoms with E-state index >= 15 is 0 Å². The van der Waals surface area contributed by atoms with Crippen LogP contribution in [0.1, 0.15) is 17.1 Å². The number of hydrogen-bond acceptors (Lipinski definition) is 5. The molecule has 0 saturated heterocycles. The highest BCUT2D eigenvalue weighted by Crippen LogP contribution is 2.25. The van der Waals surface area contributed by atoms with E-state index in [4.69, 9.17) is 5.73 Å². The standard InChI is InChI=1S/C11H14N4S/c1-8-9(4-3-7-13-8)11-15-14-10(16-11)5-2-6-12/h3-4,7H,2,5-6,12H2,1H3. The SMILES string of the molecule is Cc1ncccc1-c1nnc(CCCN)s1. The van der Waals surface area contributed by atoms with E-state index in [2.05, 4.69) is 15.2 Å². The van der Waals surface area contributed by atoms with Crippen molar-refractivity contribution in [2.24, 2.45) is 5.73 Å². The van der Waals surface area contributed by atoms with Gasteiger partial charge in [0.2, 0.25) is 0 Å². The Morgan fingerprint density at radius 1 is 1.38 bits per heavy atom. The van der Waals surface area contributed by atoms with E-state index in [0.717, 1.165) is 34.1 Å². The molecule has 2 heterocycles. The molecule has 0 fully saturated rings. The van der Waals surface area contributed by atoms with Crippen molar-refractivity contribution >= 4 is 11.3 Å². The summed E-state index contributed by atoms with van der Waals surface area (Å²) in [5.74, 6) is 0. The van der Waals surface area contributed by atoms with Crippen LogP contribution in [0.4, 0.5) is 0 Å². The zero-order valence-electron chi connectivity index (χ0n) is 9.18. The minimum absolute atomic E-state index is 0.695. The Morgan fingerprint density at radius 2 is 2.25 bits per heavy atom. The van der Waals surface area contributed by atoms with Gasteiger partial charge in [-0.3, -0.25) is 4.98 Å². The minimum atomic E-state index is 0.695. The maximum atomic E-state index is 5.46. The van der Waals surface area contributed by atoms with Gasteiger partial charge in [0.15, 0.2) is 0 Å². The molecule has 2 N–H and O–H groups in total. The van der Waals surface area contributed by atoms with E-state index in [-0.39, 0.29) is 0 Å². The van der Waals surface area contributed by atoms with Crippen LogP contribution in [0, 0.1) is 6.92 Å². The number of aryl methyl sites for hydroxylation is 2. The molecular weight excluding hydrogens is 220 g/mol. The van der Waals surface area contributed by atoms with Gasteiger partial charge in [0.05, 0.1) is 0 Å². The fourth-order valence-electron chi connectivity index (χ4n) is 1.43. The van der Waals surface area contributed by atoms with Crippen molar-refractivity contribution in [1.29, 1.82) is 0 Å². The highest BCUT2D eigenvalue weighted by atomic mass is 32.1. The lowest BCUT2D eigenvalue weighted by molar-refractivity contribution is 0.812.